The first-order valence-electron chi connectivity index (χ1n) is 16.2. The van der Waals surface area contributed by atoms with Gasteiger partial charge in [-0.25, -0.2) is 19.2 Å². The van der Waals surface area contributed by atoms with Crippen LogP contribution in [0.15, 0.2) is 122 Å². The molecular formula is C39H46N2O12. The number of alkyl carbamates (subject to hydrolysis) is 2. The molecule has 2 N–H and O–H groups in total. The third-order valence-electron chi connectivity index (χ3n) is 6.02. The molecule has 0 aliphatic rings. The molecule has 0 aliphatic carbocycles. The average molecular weight is 735 g/mol. The number of nitrogens with one attached hydrogen (secondary N) is 2. The fourth-order valence-corrected chi connectivity index (χ4v) is 3.53. The molecule has 0 radical (unpaired) electrons. The van der Waals surface area contributed by atoms with Gasteiger partial charge in [-0.2, -0.15) is 0 Å². The van der Waals surface area contributed by atoms with Gasteiger partial charge in [0.2, 0.25) is 0 Å². The van der Waals surface area contributed by atoms with E-state index >= 15 is 0 Å². The van der Waals surface area contributed by atoms with E-state index in [2.05, 4.69) is 23.8 Å². The molecule has 2 unspecified atom stereocenters. The summed E-state index contributed by atoms with van der Waals surface area (Å²) in [5.74, 6) is -2.63. The molecule has 0 saturated heterocycles. The SMILES string of the molecule is C=CC(=O)OCC(COC(C)=O)OC(=O)NCc1cccc(CNC(=O)OC(COC(C)=O)COC(=O)C(=C)C)c1.c1ccccc1.c1ccccc1. The van der Waals surface area contributed by atoms with Crippen molar-refractivity contribution in [3.8, 4) is 0 Å². The van der Waals surface area contributed by atoms with Crippen LogP contribution in [0.4, 0.5) is 9.59 Å². The Morgan fingerprint density at radius 3 is 1.28 bits per heavy atom. The van der Waals surface area contributed by atoms with E-state index in [4.69, 9.17) is 28.4 Å². The zero-order chi connectivity index (χ0) is 39.3. The van der Waals surface area contributed by atoms with Crippen molar-refractivity contribution in [1.29, 1.82) is 0 Å². The van der Waals surface area contributed by atoms with E-state index in [0.29, 0.717) is 11.1 Å². The lowest BCUT2D eigenvalue weighted by molar-refractivity contribution is -0.150. The van der Waals surface area contributed by atoms with Gasteiger partial charge < -0.3 is 39.1 Å². The Balaban J connectivity index is 0.000000973. The van der Waals surface area contributed by atoms with E-state index in [-0.39, 0.29) is 45.1 Å². The highest BCUT2D eigenvalue weighted by molar-refractivity contribution is 5.87. The molecule has 0 saturated carbocycles. The Kier molecular flexibility index (Phi) is 23.0. The lowest BCUT2D eigenvalue weighted by Gasteiger charge is -2.18. The summed E-state index contributed by atoms with van der Waals surface area (Å²) in [6.07, 6.45) is -2.85. The Hall–Kier alpha value is -6.44. The highest BCUT2D eigenvalue weighted by Gasteiger charge is 2.20. The molecule has 284 valence electrons. The van der Waals surface area contributed by atoms with Gasteiger partial charge in [-0.1, -0.05) is 110 Å². The standard InChI is InChI=1S/C27H34N2O12.2C6H6/c1-6-24(32)38-15-22(13-36-18(4)30)40-26(34)28-11-20-8-7-9-21(10-20)12-29-27(35)41-23(14-37-19(5)31)16-39-25(33)17(2)3;2*1-2-4-6-5-3-1/h6-10,22-23H,1-2,11-16H2,3-5H3,(H,28,34)(H,29,35);2*1-6H. The van der Waals surface area contributed by atoms with Crippen LogP contribution < -0.4 is 10.6 Å². The topological polar surface area (TPSA) is 182 Å². The lowest BCUT2D eigenvalue weighted by atomic mass is 10.1. The van der Waals surface area contributed by atoms with Gasteiger partial charge in [0.1, 0.15) is 26.4 Å². The third kappa shape index (κ3) is 24.4. The molecule has 0 fully saturated rings. The maximum absolute atomic E-state index is 12.3. The van der Waals surface area contributed by atoms with E-state index in [1.807, 2.05) is 72.8 Å². The number of esters is 4. The number of hydrogen-bond acceptors (Lipinski definition) is 12. The van der Waals surface area contributed by atoms with Crippen molar-refractivity contribution in [3.63, 3.8) is 0 Å². The maximum atomic E-state index is 12.3. The van der Waals surface area contributed by atoms with Crippen LogP contribution in [0.25, 0.3) is 0 Å². The van der Waals surface area contributed by atoms with Crippen molar-refractivity contribution >= 4 is 36.1 Å². The van der Waals surface area contributed by atoms with Crippen LogP contribution in [-0.2, 0) is 60.7 Å². The Morgan fingerprint density at radius 1 is 0.585 bits per heavy atom. The number of benzene rings is 3. The predicted molar refractivity (Wildman–Crippen MR) is 194 cm³/mol. The van der Waals surface area contributed by atoms with Crippen LogP contribution in [0.2, 0.25) is 0 Å². The number of rotatable bonds is 16. The molecule has 0 heterocycles. The van der Waals surface area contributed by atoms with Crippen LogP contribution in [0.1, 0.15) is 31.9 Å². The summed E-state index contributed by atoms with van der Waals surface area (Å²) in [5.41, 5.74) is 1.46. The molecule has 14 nitrogen and oxygen atoms in total. The molecule has 3 rings (SSSR count). The summed E-state index contributed by atoms with van der Waals surface area (Å²) in [6, 6.07) is 30.8. The van der Waals surface area contributed by atoms with Gasteiger partial charge in [-0.15, -0.1) is 0 Å². The number of amides is 2. The van der Waals surface area contributed by atoms with E-state index in [0.717, 1.165) is 6.08 Å². The summed E-state index contributed by atoms with van der Waals surface area (Å²) >= 11 is 0. The van der Waals surface area contributed by atoms with Crippen LogP contribution in [0.5, 0.6) is 0 Å². The van der Waals surface area contributed by atoms with Crippen molar-refractivity contribution in [1.82, 2.24) is 10.6 Å². The highest BCUT2D eigenvalue weighted by atomic mass is 16.6. The van der Waals surface area contributed by atoms with Gasteiger partial charge in [-0.05, 0) is 18.1 Å². The summed E-state index contributed by atoms with van der Waals surface area (Å²) in [5, 5.41) is 5.06. The molecule has 3 aromatic rings. The predicted octanol–water partition coefficient (Wildman–Crippen LogP) is 5.22. The molecule has 14 heteroatoms. The van der Waals surface area contributed by atoms with E-state index in [9.17, 15) is 28.8 Å². The smallest absolute Gasteiger partial charge is 0.407 e. The van der Waals surface area contributed by atoms with Crippen LogP contribution in [0, 0.1) is 0 Å². The minimum atomic E-state index is -1.05. The summed E-state index contributed by atoms with van der Waals surface area (Å²) in [4.78, 5) is 69.6. The maximum Gasteiger partial charge on any atom is 0.407 e. The number of carbonyl (C=O) groups excluding carboxylic acids is 6. The summed E-state index contributed by atoms with van der Waals surface area (Å²) in [6.45, 7) is 9.30. The van der Waals surface area contributed by atoms with Gasteiger partial charge in [0.25, 0.3) is 0 Å². The molecule has 0 aliphatic heterocycles. The van der Waals surface area contributed by atoms with Crippen LogP contribution >= 0.6 is 0 Å². The first kappa shape index (κ1) is 44.6. The third-order valence-corrected chi connectivity index (χ3v) is 6.02. The van der Waals surface area contributed by atoms with Crippen molar-refractivity contribution in [2.24, 2.45) is 0 Å². The molecule has 0 bridgehead atoms. The lowest BCUT2D eigenvalue weighted by Crippen LogP contribution is -2.35. The molecule has 0 spiro atoms. The van der Waals surface area contributed by atoms with Crippen LogP contribution in [0.3, 0.4) is 0 Å². The zero-order valence-corrected chi connectivity index (χ0v) is 30.0. The van der Waals surface area contributed by atoms with Gasteiger partial charge in [0.15, 0.2) is 12.2 Å². The zero-order valence-electron chi connectivity index (χ0n) is 30.0. The Bertz CT molecular complexity index is 1500. The summed E-state index contributed by atoms with van der Waals surface area (Å²) < 4.78 is 29.9. The van der Waals surface area contributed by atoms with Crippen molar-refractivity contribution in [3.05, 3.63) is 133 Å². The first-order valence-corrected chi connectivity index (χ1v) is 16.2. The van der Waals surface area contributed by atoms with Gasteiger partial charge in [0.05, 0.1) is 0 Å². The average Bonchev–Trinajstić information content (AvgIpc) is 3.16. The number of carbonyl (C=O) groups is 6. The highest BCUT2D eigenvalue weighted by Crippen LogP contribution is 2.07. The van der Waals surface area contributed by atoms with Gasteiger partial charge >= 0.3 is 36.1 Å². The van der Waals surface area contributed by atoms with Crippen molar-refractivity contribution < 1.29 is 57.2 Å². The number of ether oxygens (including phenoxy) is 6. The second-order valence-corrected chi connectivity index (χ2v) is 10.7. The van der Waals surface area contributed by atoms with Gasteiger partial charge in [-0.3, -0.25) is 9.59 Å². The molecule has 3 aromatic carbocycles. The molecule has 2 amide bonds. The minimum Gasteiger partial charge on any atom is -0.462 e. The number of hydrogen-bond donors (Lipinski definition) is 2. The quantitative estimate of drug-likeness (QED) is 0.111. The van der Waals surface area contributed by atoms with E-state index in [1.54, 1.807) is 24.3 Å². The van der Waals surface area contributed by atoms with Gasteiger partial charge in [0, 0.05) is 38.6 Å². The fourth-order valence-electron chi connectivity index (χ4n) is 3.53. The normalized spacial score (nSPS) is 10.7. The molecule has 0 aromatic heterocycles. The van der Waals surface area contributed by atoms with E-state index in [1.165, 1.54) is 20.8 Å². The molecule has 53 heavy (non-hydrogen) atoms. The monoisotopic (exact) mass is 734 g/mol. The second-order valence-electron chi connectivity index (χ2n) is 10.7. The Labute approximate surface area is 309 Å². The van der Waals surface area contributed by atoms with Crippen molar-refractivity contribution in [2.75, 3.05) is 26.4 Å². The summed E-state index contributed by atoms with van der Waals surface area (Å²) in [7, 11) is 0. The second kappa shape index (κ2) is 27.3. The molecular weight excluding hydrogens is 688 g/mol. The first-order chi connectivity index (χ1) is 25.4. The Morgan fingerprint density at radius 2 is 0.943 bits per heavy atom. The minimum absolute atomic E-state index is 0.0437. The molecule has 2 atom stereocenters. The van der Waals surface area contributed by atoms with Crippen LogP contribution in [-0.4, -0.2) is 74.7 Å². The van der Waals surface area contributed by atoms with Crippen molar-refractivity contribution in [2.45, 2.75) is 46.1 Å². The largest absolute Gasteiger partial charge is 0.462 e. The fraction of sp³-hybridized carbons (Fsp3) is 0.282. The van der Waals surface area contributed by atoms with E-state index < -0.39 is 48.3 Å².